The Morgan fingerprint density at radius 1 is 1.28 bits per heavy atom. The predicted octanol–water partition coefficient (Wildman–Crippen LogP) is 0.325. The molecule has 0 atom stereocenters. The summed E-state index contributed by atoms with van der Waals surface area (Å²) >= 11 is 0. The molecule has 2 rings (SSSR count). The number of pyridine rings is 1. The second-order valence-electron chi connectivity index (χ2n) is 5.18. The van der Waals surface area contributed by atoms with E-state index in [1.165, 1.54) is 17.8 Å². The highest BCUT2D eigenvalue weighted by molar-refractivity contribution is 5.96. The van der Waals surface area contributed by atoms with Crippen LogP contribution in [0.15, 0.2) is 41.3 Å². The minimum Gasteiger partial charge on any atom is -0.491 e. The van der Waals surface area contributed by atoms with E-state index in [0.29, 0.717) is 11.3 Å². The van der Waals surface area contributed by atoms with Crippen LogP contribution in [0, 0.1) is 0 Å². The van der Waals surface area contributed by atoms with E-state index in [4.69, 9.17) is 9.84 Å². The van der Waals surface area contributed by atoms with E-state index in [0.717, 1.165) is 6.07 Å². The third kappa shape index (κ3) is 4.45. The minimum absolute atomic E-state index is 0.0697. The van der Waals surface area contributed by atoms with Crippen LogP contribution >= 0.6 is 0 Å². The highest BCUT2D eigenvalue weighted by Crippen LogP contribution is 2.14. The van der Waals surface area contributed by atoms with Gasteiger partial charge in [0.25, 0.3) is 11.5 Å². The molecule has 2 aromatic rings. The summed E-state index contributed by atoms with van der Waals surface area (Å²) in [5, 5.41) is 20.3. The maximum Gasteiger partial charge on any atom is 0.337 e. The van der Waals surface area contributed by atoms with Crippen molar-refractivity contribution in [2.45, 2.75) is 6.54 Å². The summed E-state index contributed by atoms with van der Waals surface area (Å²) in [4.78, 5) is 35.5. The lowest BCUT2D eigenvalue weighted by molar-refractivity contribution is 0.0695. The summed E-state index contributed by atoms with van der Waals surface area (Å²) in [6, 6.07) is 7.89. The summed E-state index contributed by atoms with van der Waals surface area (Å²) in [6.45, 7) is 0.0822. The zero-order valence-corrected chi connectivity index (χ0v) is 13.6. The normalized spacial score (nSPS) is 10.3. The fraction of sp³-hybridized carbons (Fsp3) is 0.235. The summed E-state index contributed by atoms with van der Waals surface area (Å²) in [5.74, 6) is -1.37. The number of carboxylic acid groups (broad SMARTS) is 1. The van der Waals surface area contributed by atoms with Gasteiger partial charge in [0, 0.05) is 13.2 Å². The molecule has 132 valence electrons. The number of carbonyl (C=O) groups is 2. The van der Waals surface area contributed by atoms with E-state index in [-0.39, 0.29) is 30.9 Å². The Labute approximate surface area is 143 Å². The van der Waals surface area contributed by atoms with Crippen molar-refractivity contribution in [1.82, 2.24) is 9.88 Å². The molecule has 0 radical (unpaired) electrons. The van der Waals surface area contributed by atoms with Crippen molar-refractivity contribution in [1.29, 1.82) is 0 Å². The minimum atomic E-state index is -1.24. The van der Waals surface area contributed by atoms with Crippen LogP contribution in [-0.4, -0.2) is 46.9 Å². The number of hydrogen-bond donors (Lipinski definition) is 3. The Balaban J connectivity index is 2.41. The lowest BCUT2D eigenvalue weighted by Crippen LogP contribution is -2.32. The smallest absolute Gasteiger partial charge is 0.337 e. The number of carboxylic acids is 1. The molecular formula is C17H18N2O6. The molecule has 0 unspecified atom stereocenters. The number of amides is 1. The number of nitrogens with one attached hydrogen (secondary N) is 1. The van der Waals surface area contributed by atoms with Crippen molar-refractivity contribution >= 4 is 11.9 Å². The maximum absolute atomic E-state index is 12.5. The van der Waals surface area contributed by atoms with E-state index in [1.807, 2.05) is 0 Å². The predicted molar refractivity (Wildman–Crippen MR) is 89.2 cm³/mol. The van der Waals surface area contributed by atoms with Crippen LogP contribution in [0.4, 0.5) is 0 Å². The van der Waals surface area contributed by atoms with Gasteiger partial charge in [-0.05, 0) is 23.8 Å². The number of benzene rings is 1. The van der Waals surface area contributed by atoms with E-state index < -0.39 is 17.4 Å². The topological polar surface area (TPSA) is 118 Å². The summed E-state index contributed by atoms with van der Waals surface area (Å²) in [6.07, 6.45) is 1.19. The van der Waals surface area contributed by atoms with Crippen LogP contribution in [0.1, 0.15) is 26.3 Å². The quantitative estimate of drug-likeness (QED) is 0.665. The monoisotopic (exact) mass is 346 g/mol. The van der Waals surface area contributed by atoms with E-state index >= 15 is 0 Å². The van der Waals surface area contributed by atoms with E-state index in [2.05, 4.69) is 5.32 Å². The highest BCUT2D eigenvalue weighted by atomic mass is 16.5. The van der Waals surface area contributed by atoms with Gasteiger partial charge in [-0.15, -0.1) is 0 Å². The van der Waals surface area contributed by atoms with Crippen LogP contribution < -0.4 is 15.6 Å². The van der Waals surface area contributed by atoms with Gasteiger partial charge in [0.1, 0.15) is 17.9 Å². The molecular weight excluding hydrogens is 328 g/mol. The van der Waals surface area contributed by atoms with Crippen LogP contribution in [-0.2, 0) is 6.54 Å². The molecule has 8 heteroatoms. The van der Waals surface area contributed by atoms with Gasteiger partial charge in [-0.25, -0.2) is 4.79 Å². The molecule has 25 heavy (non-hydrogen) atoms. The Hall–Kier alpha value is -3.13. The van der Waals surface area contributed by atoms with E-state index in [1.54, 1.807) is 24.3 Å². The number of hydrogen-bond acceptors (Lipinski definition) is 5. The molecule has 1 aromatic carbocycles. The van der Waals surface area contributed by atoms with Gasteiger partial charge < -0.3 is 24.8 Å². The molecule has 0 aliphatic carbocycles. The molecule has 0 aliphatic rings. The standard InChI is InChI=1S/C17H18N2O6/c1-18-15(21)14-8-12(17(23)24)10-19(16(14)22)9-11-3-2-4-13(7-11)25-6-5-20/h2-4,7-8,10,20H,5-6,9H2,1H3,(H,18,21)(H,23,24). The van der Waals surface area contributed by atoms with Crippen molar-refractivity contribution in [3.05, 3.63) is 63.6 Å². The molecule has 8 nitrogen and oxygen atoms in total. The van der Waals surface area contributed by atoms with Crippen molar-refractivity contribution in [2.24, 2.45) is 0 Å². The first kappa shape index (κ1) is 18.2. The van der Waals surface area contributed by atoms with Gasteiger partial charge in [-0.3, -0.25) is 9.59 Å². The van der Waals surface area contributed by atoms with Gasteiger partial charge in [-0.1, -0.05) is 12.1 Å². The molecule has 0 aliphatic heterocycles. The van der Waals surface area contributed by atoms with Crippen LogP contribution in [0.3, 0.4) is 0 Å². The Morgan fingerprint density at radius 3 is 2.68 bits per heavy atom. The number of nitrogens with zero attached hydrogens (tertiary/aromatic N) is 1. The Kier molecular flexibility index (Phi) is 5.91. The van der Waals surface area contributed by atoms with Crippen LogP contribution in [0.25, 0.3) is 0 Å². The van der Waals surface area contributed by atoms with Gasteiger partial charge in [-0.2, -0.15) is 0 Å². The van der Waals surface area contributed by atoms with Crippen LogP contribution in [0.5, 0.6) is 5.75 Å². The number of aromatic nitrogens is 1. The highest BCUT2D eigenvalue weighted by Gasteiger charge is 2.16. The average Bonchev–Trinajstić information content (AvgIpc) is 2.61. The first-order valence-corrected chi connectivity index (χ1v) is 7.48. The summed E-state index contributed by atoms with van der Waals surface area (Å²) < 4.78 is 6.48. The van der Waals surface area contributed by atoms with Crippen molar-refractivity contribution < 1.29 is 24.5 Å². The fourth-order valence-corrected chi connectivity index (χ4v) is 2.26. The second-order valence-corrected chi connectivity index (χ2v) is 5.18. The molecule has 1 amide bonds. The molecule has 0 saturated heterocycles. The lowest BCUT2D eigenvalue weighted by Gasteiger charge is -2.11. The Morgan fingerprint density at radius 2 is 2.04 bits per heavy atom. The lowest BCUT2D eigenvalue weighted by atomic mass is 10.1. The summed E-state index contributed by atoms with van der Waals surface area (Å²) in [5.41, 5.74) is -0.310. The van der Waals surface area contributed by atoms with Crippen molar-refractivity contribution in [3.8, 4) is 5.75 Å². The van der Waals surface area contributed by atoms with Crippen molar-refractivity contribution in [2.75, 3.05) is 20.3 Å². The molecule has 1 heterocycles. The SMILES string of the molecule is CNC(=O)c1cc(C(=O)O)cn(Cc2cccc(OCCO)c2)c1=O. The third-order valence-electron chi connectivity index (χ3n) is 3.42. The fourth-order valence-electron chi connectivity index (χ4n) is 2.26. The van der Waals surface area contributed by atoms with Gasteiger partial charge in [0.2, 0.25) is 0 Å². The number of aliphatic hydroxyl groups is 1. The molecule has 1 aromatic heterocycles. The van der Waals surface area contributed by atoms with E-state index in [9.17, 15) is 19.5 Å². The number of aliphatic hydroxyl groups excluding tert-OH is 1. The molecule has 3 N–H and O–H groups in total. The van der Waals surface area contributed by atoms with Crippen molar-refractivity contribution in [3.63, 3.8) is 0 Å². The molecule has 0 spiro atoms. The molecule has 0 fully saturated rings. The number of rotatable bonds is 7. The Bertz CT molecular complexity index is 843. The first-order chi connectivity index (χ1) is 12.0. The van der Waals surface area contributed by atoms with Crippen LogP contribution in [0.2, 0.25) is 0 Å². The number of ether oxygens (including phenoxy) is 1. The van der Waals surface area contributed by atoms with Gasteiger partial charge in [0.15, 0.2) is 0 Å². The zero-order valence-electron chi connectivity index (χ0n) is 13.6. The maximum atomic E-state index is 12.5. The number of aromatic carboxylic acids is 1. The summed E-state index contributed by atoms with van der Waals surface area (Å²) in [7, 11) is 1.36. The molecule has 0 bridgehead atoms. The molecule has 0 saturated carbocycles. The zero-order chi connectivity index (χ0) is 18.4. The third-order valence-corrected chi connectivity index (χ3v) is 3.42. The number of carbonyl (C=O) groups excluding carboxylic acids is 1. The average molecular weight is 346 g/mol. The second kappa shape index (κ2) is 8.11. The van der Waals surface area contributed by atoms with Gasteiger partial charge >= 0.3 is 5.97 Å². The largest absolute Gasteiger partial charge is 0.491 e. The van der Waals surface area contributed by atoms with Gasteiger partial charge in [0.05, 0.1) is 18.7 Å². The first-order valence-electron chi connectivity index (χ1n) is 7.48.